The number of sulfonamides is 1. The van der Waals surface area contributed by atoms with Crippen LogP contribution in [0.3, 0.4) is 0 Å². The molecule has 1 aromatic rings. The molecule has 0 spiro atoms. The SMILES string of the molecule is CC1CCC(NS(=O)(=O)c2ccc3c(c2)CCN3)CC1. The van der Waals surface area contributed by atoms with Gasteiger partial charge in [0.2, 0.25) is 10.0 Å². The van der Waals surface area contributed by atoms with Crippen molar-refractivity contribution < 1.29 is 8.42 Å². The topological polar surface area (TPSA) is 58.2 Å². The summed E-state index contributed by atoms with van der Waals surface area (Å²) in [4.78, 5) is 0.401. The summed E-state index contributed by atoms with van der Waals surface area (Å²) in [6.07, 6.45) is 5.03. The number of hydrogen-bond donors (Lipinski definition) is 2. The number of benzene rings is 1. The van der Waals surface area contributed by atoms with E-state index < -0.39 is 10.0 Å². The summed E-state index contributed by atoms with van der Waals surface area (Å²) in [6.45, 7) is 3.13. The van der Waals surface area contributed by atoms with E-state index >= 15 is 0 Å². The zero-order valence-electron chi connectivity index (χ0n) is 11.9. The molecule has 20 heavy (non-hydrogen) atoms. The van der Waals surface area contributed by atoms with E-state index in [4.69, 9.17) is 0 Å². The van der Waals surface area contributed by atoms with Crippen molar-refractivity contribution in [2.45, 2.75) is 50.0 Å². The molecule has 0 saturated heterocycles. The van der Waals surface area contributed by atoms with E-state index in [0.29, 0.717) is 4.90 Å². The van der Waals surface area contributed by atoms with Crippen LogP contribution >= 0.6 is 0 Å². The van der Waals surface area contributed by atoms with Gasteiger partial charge in [-0.2, -0.15) is 0 Å². The molecular weight excluding hydrogens is 272 g/mol. The third-order valence-corrected chi connectivity index (χ3v) is 5.95. The highest BCUT2D eigenvalue weighted by Crippen LogP contribution is 2.27. The number of fused-ring (bicyclic) bond motifs is 1. The molecule has 0 unspecified atom stereocenters. The van der Waals surface area contributed by atoms with E-state index in [2.05, 4.69) is 17.0 Å². The quantitative estimate of drug-likeness (QED) is 0.900. The van der Waals surface area contributed by atoms with Gasteiger partial charge in [0.15, 0.2) is 0 Å². The number of anilines is 1. The summed E-state index contributed by atoms with van der Waals surface area (Å²) in [6, 6.07) is 5.48. The average Bonchev–Trinajstić information content (AvgIpc) is 2.88. The first kappa shape index (κ1) is 13.9. The first-order chi connectivity index (χ1) is 9.54. The van der Waals surface area contributed by atoms with Crippen LogP contribution in [0.15, 0.2) is 23.1 Å². The van der Waals surface area contributed by atoms with Gasteiger partial charge in [-0.05, 0) is 61.8 Å². The Labute approximate surface area is 121 Å². The second-order valence-electron chi connectivity index (χ2n) is 6.07. The van der Waals surface area contributed by atoms with Gasteiger partial charge in [-0.1, -0.05) is 6.92 Å². The Morgan fingerprint density at radius 3 is 2.70 bits per heavy atom. The maximum atomic E-state index is 12.5. The minimum atomic E-state index is -3.38. The summed E-state index contributed by atoms with van der Waals surface area (Å²) in [7, 11) is -3.38. The molecule has 3 rings (SSSR count). The average molecular weight is 294 g/mol. The Kier molecular flexibility index (Phi) is 3.73. The number of rotatable bonds is 3. The van der Waals surface area contributed by atoms with Crippen LogP contribution in [0, 0.1) is 5.92 Å². The van der Waals surface area contributed by atoms with Crippen LogP contribution in [0.4, 0.5) is 5.69 Å². The third kappa shape index (κ3) is 2.83. The molecule has 1 fully saturated rings. The molecule has 2 aliphatic rings. The lowest BCUT2D eigenvalue weighted by Gasteiger charge is -2.26. The normalized spacial score (nSPS) is 26.1. The Balaban J connectivity index is 1.75. The highest BCUT2D eigenvalue weighted by molar-refractivity contribution is 7.89. The second-order valence-corrected chi connectivity index (χ2v) is 7.79. The van der Waals surface area contributed by atoms with Crippen LogP contribution in [-0.2, 0) is 16.4 Å². The van der Waals surface area contributed by atoms with Crippen molar-refractivity contribution in [1.82, 2.24) is 4.72 Å². The van der Waals surface area contributed by atoms with Gasteiger partial charge in [0.1, 0.15) is 0 Å². The smallest absolute Gasteiger partial charge is 0.240 e. The fourth-order valence-electron chi connectivity index (χ4n) is 3.11. The van der Waals surface area contributed by atoms with Gasteiger partial charge in [-0.25, -0.2) is 13.1 Å². The van der Waals surface area contributed by atoms with Gasteiger partial charge < -0.3 is 5.32 Å². The summed E-state index contributed by atoms with van der Waals surface area (Å²) in [5, 5.41) is 3.25. The minimum Gasteiger partial charge on any atom is -0.384 e. The summed E-state index contributed by atoms with van der Waals surface area (Å²) < 4.78 is 27.8. The van der Waals surface area contributed by atoms with Crippen LogP contribution in [0.1, 0.15) is 38.2 Å². The molecule has 110 valence electrons. The van der Waals surface area contributed by atoms with E-state index in [1.165, 1.54) is 0 Å². The predicted octanol–water partition coefficient (Wildman–Crippen LogP) is 2.51. The molecule has 4 nitrogen and oxygen atoms in total. The third-order valence-electron chi connectivity index (χ3n) is 4.43. The van der Waals surface area contributed by atoms with Crippen LogP contribution in [0.2, 0.25) is 0 Å². The van der Waals surface area contributed by atoms with Gasteiger partial charge in [-0.15, -0.1) is 0 Å². The minimum absolute atomic E-state index is 0.0996. The molecule has 0 bridgehead atoms. The molecule has 0 amide bonds. The fraction of sp³-hybridized carbons (Fsp3) is 0.600. The molecule has 0 radical (unpaired) electrons. The zero-order chi connectivity index (χ0) is 14.2. The summed E-state index contributed by atoms with van der Waals surface area (Å²) >= 11 is 0. The van der Waals surface area contributed by atoms with Crippen molar-refractivity contribution >= 4 is 15.7 Å². The lowest BCUT2D eigenvalue weighted by molar-refractivity contribution is 0.332. The lowest BCUT2D eigenvalue weighted by atomic mass is 9.88. The van der Waals surface area contributed by atoms with Crippen molar-refractivity contribution in [1.29, 1.82) is 0 Å². The molecular formula is C15H22N2O2S. The second kappa shape index (κ2) is 5.37. The molecule has 0 atom stereocenters. The Hall–Kier alpha value is -1.07. The zero-order valence-corrected chi connectivity index (χ0v) is 12.7. The van der Waals surface area contributed by atoms with E-state index in [1.807, 2.05) is 12.1 Å². The maximum absolute atomic E-state index is 12.5. The van der Waals surface area contributed by atoms with Crippen LogP contribution in [0.5, 0.6) is 0 Å². The Morgan fingerprint density at radius 2 is 1.95 bits per heavy atom. The molecule has 1 heterocycles. The van der Waals surface area contributed by atoms with Crippen molar-refractivity contribution in [2.24, 2.45) is 5.92 Å². The highest BCUT2D eigenvalue weighted by Gasteiger charge is 2.25. The molecule has 0 aromatic heterocycles. The first-order valence-electron chi connectivity index (χ1n) is 7.44. The van der Waals surface area contributed by atoms with Gasteiger partial charge in [0.25, 0.3) is 0 Å². The molecule has 1 aliphatic heterocycles. The van der Waals surface area contributed by atoms with E-state index in [9.17, 15) is 8.42 Å². The maximum Gasteiger partial charge on any atom is 0.240 e. The van der Waals surface area contributed by atoms with Crippen LogP contribution in [-0.4, -0.2) is 21.0 Å². The molecule has 5 heteroatoms. The van der Waals surface area contributed by atoms with Gasteiger partial charge in [0, 0.05) is 18.3 Å². The fourth-order valence-corrected chi connectivity index (χ4v) is 4.47. The van der Waals surface area contributed by atoms with Crippen molar-refractivity contribution in [2.75, 3.05) is 11.9 Å². The molecule has 1 saturated carbocycles. The van der Waals surface area contributed by atoms with E-state index in [-0.39, 0.29) is 6.04 Å². The molecule has 1 aliphatic carbocycles. The largest absolute Gasteiger partial charge is 0.384 e. The number of nitrogens with one attached hydrogen (secondary N) is 2. The highest BCUT2D eigenvalue weighted by atomic mass is 32.2. The van der Waals surface area contributed by atoms with Crippen molar-refractivity contribution in [3.05, 3.63) is 23.8 Å². The van der Waals surface area contributed by atoms with Crippen molar-refractivity contribution in [3.8, 4) is 0 Å². The monoisotopic (exact) mass is 294 g/mol. The van der Waals surface area contributed by atoms with Gasteiger partial charge in [-0.3, -0.25) is 0 Å². The van der Waals surface area contributed by atoms with Crippen LogP contribution in [0.25, 0.3) is 0 Å². The molecule has 2 N–H and O–H groups in total. The Morgan fingerprint density at radius 1 is 1.20 bits per heavy atom. The van der Waals surface area contributed by atoms with Gasteiger partial charge >= 0.3 is 0 Å². The summed E-state index contributed by atoms with van der Waals surface area (Å²) in [5.41, 5.74) is 2.17. The number of hydrogen-bond acceptors (Lipinski definition) is 3. The molecule has 1 aromatic carbocycles. The predicted molar refractivity (Wildman–Crippen MR) is 80.4 cm³/mol. The lowest BCUT2D eigenvalue weighted by Crippen LogP contribution is -2.37. The summed E-state index contributed by atoms with van der Waals surface area (Å²) in [5.74, 6) is 0.724. The van der Waals surface area contributed by atoms with Crippen LogP contribution < -0.4 is 10.0 Å². The van der Waals surface area contributed by atoms with E-state index in [0.717, 1.165) is 55.8 Å². The Bertz CT molecular complexity index is 590. The standard InChI is InChI=1S/C15H22N2O2S/c1-11-2-4-13(5-3-11)17-20(18,19)14-6-7-15-12(10-14)8-9-16-15/h6-7,10-11,13,16-17H,2-5,8-9H2,1H3. The van der Waals surface area contributed by atoms with Gasteiger partial charge in [0.05, 0.1) is 4.90 Å². The first-order valence-corrected chi connectivity index (χ1v) is 8.92. The van der Waals surface area contributed by atoms with Crippen molar-refractivity contribution in [3.63, 3.8) is 0 Å². The van der Waals surface area contributed by atoms with E-state index in [1.54, 1.807) is 6.07 Å².